The summed E-state index contributed by atoms with van der Waals surface area (Å²) in [6, 6.07) is 81.6. The summed E-state index contributed by atoms with van der Waals surface area (Å²) in [5, 5.41) is 5.02. The van der Waals surface area contributed by atoms with Crippen molar-refractivity contribution < 1.29 is 102 Å². The minimum absolute atomic E-state index is 0.0301. The lowest BCUT2D eigenvalue weighted by molar-refractivity contribution is -0.391. The first-order chi connectivity index (χ1) is 54.2. The molecule has 0 bridgehead atoms. The fourth-order valence-corrected chi connectivity index (χ4v) is 14.5. The third-order valence-electron chi connectivity index (χ3n) is 18.4. The standard InChI is InChI=1S/C86H92F3N2O19P/c1-60-74(98-53-64-35-16-5-17-36-64)78(100-55-66-39-20-7-21-40-66)81(83(103-60)97-50-30-49-90-85(93)86(87,88)89)107-84-80(102-57-68-43-24-9-25-44-68)79(101-56-67-41-22-8-23-42-67)75(71(105-84)58-95-51-62-31-12-3-13-32-62)106-82-73(91-61(2)92)77(99-54-65-37-18-6-19-38-65)76(72(104-82)59-96-52-63-33-14-4-15-34-63)110-111(94,108-69-45-26-10-27-46-69)109-70-47-28-11-29-48-70/h3-29,31-48,60,71-84H,30,49-59H2,1-2H3,(H,90,93)(H,91,92)/t60-,71+,72+,73-,74-,75+,76+,77+,78+,79-,80+,81+,82-,83+,84+/m0/s1. The molecule has 3 saturated heterocycles. The number of phosphoric ester groups is 1. The molecule has 0 saturated carbocycles. The van der Waals surface area contributed by atoms with E-state index in [9.17, 15) is 22.8 Å². The number of ether oxygens (including phenoxy) is 13. The van der Waals surface area contributed by atoms with Crippen molar-refractivity contribution in [3.63, 3.8) is 0 Å². The van der Waals surface area contributed by atoms with Gasteiger partial charge >= 0.3 is 19.9 Å². The number of amides is 2. The molecule has 3 aliphatic rings. The summed E-state index contributed by atoms with van der Waals surface area (Å²) in [4.78, 5) is 26.3. The highest BCUT2D eigenvalue weighted by Crippen LogP contribution is 2.53. The van der Waals surface area contributed by atoms with Gasteiger partial charge in [0.2, 0.25) is 5.91 Å². The van der Waals surface area contributed by atoms with Crippen LogP contribution < -0.4 is 19.7 Å². The van der Waals surface area contributed by atoms with E-state index in [0.717, 1.165) is 38.9 Å². The predicted molar refractivity (Wildman–Crippen MR) is 403 cm³/mol. The first-order valence-corrected chi connectivity index (χ1v) is 38.4. The largest absolute Gasteiger partial charge is 0.588 e. The van der Waals surface area contributed by atoms with Crippen molar-refractivity contribution in [1.82, 2.24) is 10.6 Å². The van der Waals surface area contributed by atoms with Crippen LogP contribution in [0.1, 0.15) is 59.2 Å². The van der Waals surface area contributed by atoms with Gasteiger partial charge in [-0.3, -0.25) is 14.1 Å². The maximum Gasteiger partial charge on any atom is 0.588 e. The summed E-state index contributed by atoms with van der Waals surface area (Å²) < 4.78 is 168. The molecular formula is C86H92F3N2O19P. The Morgan fingerprint density at radius 2 is 0.748 bits per heavy atom. The van der Waals surface area contributed by atoms with Gasteiger partial charge < -0.3 is 81.3 Å². The minimum Gasteiger partial charge on any atom is -0.395 e. The lowest BCUT2D eigenvalue weighted by Gasteiger charge is -2.51. The van der Waals surface area contributed by atoms with E-state index < -0.39 is 124 Å². The molecule has 21 nitrogen and oxygen atoms in total. The van der Waals surface area contributed by atoms with Crippen molar-refractivity contribution in [3.05, 3.63) is 312 Å². The number of hydrogen-bond donors (Lipinski definition) is 2. The van der Waals surface area contributed by atoms with Crippen LogP contribution in [-0.4, -0.2) is 136 Å². The van der Waals surface area contributed by atoms with Crippen molar-refractivity contribution in [3.8, 4) is 11.5 Å². The molecule has 2 N–H and O–H groups in total. The van der Waals surface area contributed by atoms with Crippen LogP contribution in [0.3, 0.4) is 0 Å². The van der Waals surface area contributed by atoms with Crippen LogP contribution in [-0.2, 0) is 127 Å². The number of carbonyl (C=O) groups is 2. The molecule has 586 valence electrons. The van der Waals surface area contributed by atoms with Gasteiger partial charge in [0.15, 0.2) is 18.9 Å². The monoisotopic (exact) mass is 1540 g/mol. The molecular weight excluding hydrogens is 1450 g/mol. The molecule has 12 rings (SSSR count). The molecule has 0 spiro atoms. The number of nitrogens with one attached hydrogen (secondary N) is 2. The summed E-state index contributed by atoms with van der Waals surface area (Å²) in [5.74, 6) is -2.36. The second-order valence-corrected chi connectivity index (χ2v) is 28.3. The second kappa shape index (κ2) is 41.5. The van der Waals surface area contributed by atoms with E-state index >= 15 is 4.57 Å². The third-order valence-corrected chi connectivity index (χ3v) is 19.8. The molecule has 3 heterocycles. The Morgan fingerprint density at radius 3 is 1.16 bits per heavy atom. The first kappa shape index (κ1) is 81.5. The lowest BCUT2D eigenvalue weighted by atomic mass is 9.94. The summed E-state index contributed by atoms with van der Waals surface area (Å²) >= 11 is 0. The van der Waals surface area contributed by atoms with E-state index in [2.05, 4.69) is 5.32 Å². The number of alkyl halides is 3. The molecule has 0 unspecified atom stereocenters. The third kappa shape index (κ3) is 24.5. The molecule has 9 aromatic carbocycles. The van der Waals surface area contributed by atoms with Gasteiger partial charge in [-0.2, -0.15) is 13.2 Å². The van der Waals surface area contributed by atoms with E-state index in [1.165, 1.54) is 6.92 Å². The van der Waals surface area contributed by atoms with Gasteiger partial charge in [-0.05, 0) is 76.6 Å². The number of phosphoric acid groups is 1. The van der Waals surface area contributed by atoms with E-state index in [-0.39, 0.29) is 84.0 Å². The van der Waals surface area contributed by atoms with E-state index in [1.807, 2.05) is 218 Å². The molecule has 3 fully saturated rings. The maximum atomic E-state index is 16.0. The predicted octanol–water partition coefficient (Wildman–Crippen LogP) is 14.6. The smallest absolute Gasteiger partial charge is 0.395 e. The topological polar surface area (TPSA) is 223 Å². The summed E-state index contributed by atoms with van der Waals surface area (Å²) in [5.41, 5.74) is 5.49. The Balaban J connectivity index is 0.986. The van der Waals surface area contributed by atoms with Crippen LogP contribution in [0.5, 0.6) is 11.5 Å². The molecule has 3 aliphatic heterocycles. The molecule has 0 aliphatic carbocycles. The summed E-state index contributed by atoms with van der Waals surface area (Å²) in [6.45, 7) is 2.04. The molecule has 15 atom stereocenters. The van der Waals surface area contributed by atoms with E-state index in [1.54, 1.807) is 67.6 Å². The Kier molecular flexibility index (Phi) is 30.4. The fraction of sp³-hybridized carbons (Fsp3) is 0.349. The van der Waals surface area contributed by atoms with E-state index in [4.69, 9.17) is 75.2 Å². The second-order valence-electron chi connectivity index (χ2n) is 26.8. The zero-order valence-corrected chi connectivity index (χ0v) is 62.4. The van der Waals surface area contributed by atoms with Crippen molar-refractivity contribution in [2.45, 2.75) is 165 Å². The van der Waals surface area contributed by atoms with Gasteiger partial charge in [0.1, 0.15) is 78.6 Å². The quantitative estimate of drug-likeness (QED) is 0.0270. The maximum absolute atomic E-state index is 16.0. The lowest BCUT2D eigenvalue weighted by Crippen LogP contribution is -2.69. The van der Waals surface area contributed by atoms with Crippen LogP contribution in [0.25, 0.3) is 0 Å². The fourth-order valence-electron chi connectivity index (χ4n) is 13.1. The molecule has 111 heavy (non-hydrogen) atoms. The minimum atomic E-state index is -5.12. The first-order valence-electron chi connectivity index (χ1n) is 37.0. The highest BCUT2D eigenvalue weighted by atomic mass is 31.2. The highest BCUT2D eigenvalue weighted by molar-refractivity contribution is 7.49. The Hall–Kier alpha value is -9.02. The number of halogens is 3. The average molecular weight is 1550 g/mol. The van der Waals surface area contributed by atoms with Gasteiger partial charge in [0.05, 0.1) is 72.2 Å². The van der Waals surface area contributed by atoms with Crippen LogP contribution in [0.4, 0.5) is 13.2 Å². The van der Waals surface area contributed by atoms with Gasteiger partial charge in [-0.15, -0.1) is 0 Å². The van der Waals surface area contributed by atoms with Crippen LogP contribution in [0.15, 0.2) is 273 Å². The highest BCUT2D eigenvalue weighted by Gasteiger charge is 2.58. The van der Waals surface area contributed by atoms with Gasteiger partial charge in [0, 0.05) is 13.5 Å². The average Bonchev–Trinajstić information content (AvgIpc) is 0.760. The Bertz CT molecular complexity index is 4180. The number of benzene rings is 9. The number of hydrogen-bond acceptors (Lipinski definition) is 19. The van der Waals surface area contributed by atoms with Crippen LogP contribution >= 0.6 is 7.82 Å². The number of carbonyl (C=O) groups excluding carboxylic acids is 2. The van der Waals surface area contributed by atoms with Crippen LogP contribution in [0.2, 0.25) is 0 Å². The van der Waals surface area contributed by atoms with E-state index in [0.29, 0.717) is 0 Å². The normalized spacial score (nSPS) is 24.1. The summed E-state index contributed by atoms with van der Waals surface area (Å²) in [7, 11) is -4.88. The molecule has 9 aromatic rings. The SMILES string of the molecule is CC(=O)N[C@@H]1[C@H](O[C@H]2[C@H](OCc3ccccc3)[C@@H](OCc3ccccc3)[C@@H](O[C@H]3[C@H](OCCCNC(=O)C(F)(F)F)O[C@@H](C)[C@H](OCc4ccccc4)[C@H]3OCc3ccccc3)O[C@@H]2COCc2ccccc2)O[C@H](COCc2ccccc2)[C@@H](OP(=O)(Oc2ccccc2)Oc2ccccc2)[C@@H]1OCc1ccccc1. The van der Waals surface area contributed by atoms with Crippen molar-refractivity contribution in [2.75, 3.05) is 26.4 Å². The summed E-state index contributed by atoms with van der Waals surface area (Å²) in [6.07, 6.45) is -23.2. The number of para-hydroxylation sites is 2. The Labute approximate surface area is 644 Å². The van der Waals surface area contributed by atoms with Crippen molar-refractivity contribution in [1.29, 1.82) is 0 Å². The van der Waals surface area contributed by atoms with Crippen molar-refractivity contribution >= 4 is 19.6 Å². The van der Waals surface area contributed by atoms with Crippen LogP contribution in [0, 0.1) is 0 Å². The molecule has 0 aromatic heterocycles. The number of rotatable bonds is 39. The molecule has 0 radical (unpaired) electrons. The molecule has 25 heteroatoms. The Morgan fingerprint density at radius 1 is 0.396 bits per heavy atom. The zero-order valence-electron chi connectivity index (χ0n) is 61.5. The molecule has 2 amide bonds. The van der Waals surface area contributed by atoms with Gasteiger partial charge in [0.25, 0.3) is 0 Å². The zero-order chi connectivity index (χ0) is 77.0. The van der Waals surface area contributed by atoms with Gasteiger partial charge in [-0.1, -0.05) is 249 Å². The van der Waals surface area contributed by atoms with Gasteiger partial charge in [-0.25, -0.2) is 4.57 Å². The van der Waals surface area contributed by atoms with Crippen molar-refractivity contribution in [2.24, 2.45) is 0 Å².